The zero-order valence-corrected chi connectivity index (χ0v) is 12.1. The number of amides is 3. The quantitative estimate of drug-likeness (QED) is 0.756. The average Bonchev–Trinajstić information content (AvgIpc) is 2.50. The van der Waals surface area contributed by atoms with Crippen LogP contribution >= 0.6 is 0 Å². The molecule has 0 radical (unpaired) electrons. The Kier molecular flexibility index (Phi) is 4.98. The standard InChI is InChI=1S/C16H17N3O3/c1-2-22-14-9-7-13(8-10-14)18-16(21)19-15(20)11-3-5-12(17)6-4-11/h3-10H,2,17H2,1H3,(H2,18,19,20,21). The molecule has 0 bridgehead atoms. The van der Waals surface area contributed by atoms with Gasteiger partial charge in [0.2, 0.25) is 0 Å². The number of urea groups is 1. The molecule has 6 heteroatoms. The number of nitrogens with one attached hydrogen (secondary N) is 2. The van der Waals surface area contributed by atoms with E-state index in [4.69, 9.17) is 10.5 Å². The van der Waals surface area contributed by atoms with Crippen molar-refractivity contribution in [3.63, 3.8) is 0 Å². The molecule has 0 aliphatic rings. The monoisotopic (exact) mass is 299 g/mol. The maximum atomic E-state index is 11.9. The SMILES string of the molecule is CCOc1ccc(NC(=O)NC(=O)c2ccc(N)cc2)cc1. The summed E-state index contributed by atoms with van der Waals surface area (Å²) in [6, 6.07) is 12.5. The molecule has 22 heavy (non-hydrogen) atoms. The number of ether oxygens (including phenoxy) is 1. The number of hydrogen-bond donors (Lipinski definition) is 3. The first-order chi connectivity index (χ1) is 10.6. The lowest BCUT2D eigenvalue weighted by Crippen LogP contribution is -2.34. The smallest absolute Gasteiger partial charge is 0.326 e. The second-order valence-corrected chi connectivity index (χ2v) is 4.49. The van der Waals surface area contributed by atoms with Crippen LogP contribution < -0.4 is 21.1 Å². The molecule has 0 spiro atoms. The average molecular weight is 299 g/mol. The summed E-state index contributed by atoms with van der Waals surface area (Å²) in [6.07, 6.45) is 0. The third-order valence-electron chi connectivity index (χ3n) is 2.82. The molecule has 0 atom stereocenters. The molecule has 0 aliphatic heterocycles. The summed E-state index contributed by atoms with van der Waals surface area (Å²) in [5.41, 5.74) is 7.01. The Hall–Kier alpha value is -3.02. The highest BCUT2D eigenvalue weighted by Crippen LogP contribution is 2.15. The number of anilines is 2. The van der Waals surface area contributed by atoms with Gasteiger partial charge in [0.1, 0.15) is 5.75 Å². The Morgan fingerprint density at radius 2 is 1.68 bits per heavy atom. The van der Waals surface area contributed by atoms with Gasteiger partial charge in [-0.1, -0.05) is 0 Å². The fourth-order valence-corrected chi connectivity index (χ4v) is 1.77. The van der Waals surface area contributed by atoms with Crippen molar-refractivity contribution in [1.29, 1.82) is 0 Å². The van der Waals surface area contributed by atoms with Gasteiger partial charge in [0.05, 0.1) is 6.61 Å². The fraction of sp³-hybridized carbons (Fsp3) is 0.125. The number of imide groups is 1. The Morgan fingerprint density at radius 3 is 2.27 bits per heavy atom. The van der Waals surface area contributed by atoms with Crippen molar-refractivity contribution in [2.45, 2.75) is 6.92 Å². The normalized spacial score (nSPS) is 9.86. The van der Waals surface area contributed by atoms with E-state index in [0.29, 0.717) is 29.3 Å². The van der Waals surface area contributed by atoms with Gasteiger partial charge in [-0.05, 0) is 55.5 Å². The van der Waals surface area contributed by atoms with Gasteiger partial charge in [-0.25, -0.2) is 4.79 Å². The number of carbonyl (C=O) groups excluding carboxylic acids is 2. The summed E-state index contributed by atoms with van der Waals surface area (Å²) in [6.45, 7) is 2.46. The van der Waals surface area contributed by atoms with Crippen LogP contribution in [0, 0.1) is 0 Å². The molecule has 0 saturated carbocycles. The van der Waals surface area contributed by atoms with Crippen LogP contribution in [0.3, 0.4) is 0 Å². The lowest BCUT2D eigenvalue weighted by Gasteiger charge is -2.08. The lowest BCUT2D eigenvalue weighted by atomic mass is 10.2. The van der Waals surface area contributed by atoms with Crippen LogP contribution in [0.4, 0.5) is 16.2 Å². The first kappa shape index (κ1) is 15.4. The van der Waals surface area contributed by atoms with Crippen molar-refractivity contribution < 1.29 is 14.3 Å². The van der Waals surface area contributed by atoms with Gasteiger partial charge < -0.3 is 15.8 Å². The third-order valence-corrected chi connectivity index (χ3v) is 2.82. The number of rotatable bonds is 4. The van der Waals surface area contributed by atoms with Crippen molar-refractivity contribution in [3.8, 4) is 5.75 Å². The van der Waals surface area contributed by atoms with Crippen molar-refractivity contribution in [2.24, 2.45) is 0 Å². The van der Waals surface area contributed by atoms with Gasteiger partial charge in [-0.15, -0.1) is 0 Å². The number of carbonyl (C=O) groups is 2. The molecule has 3 amide bonds. The Balaban J connectivity index is 1.92. The zero-order valence-electron chi connectivity index (χ0n) is 12.1. The van der Waals surface area contributed by atoms with Crippen LogP contribution in [-0.4, -0.2) is 18.5 Å². The van der Waals surface area contributed by atoms with E-state index >= 15 is 0 Å². The molecule has 2 aromatic rings. The van der Waals surface area contributed by atoms with Crippen molar-refractivity contribution in [3.05, 3.63) is 54.1 Å². The van der Waals surface area contributed by atoms with E-state index in [1.807, 2.05) is 6.92 Å². The Bertz CT molecular complexity index is 651. The van der Waals surface area contributed by atoms with Gasteiger partial charge in [-0.2, -0.15) is 0 Å². The second kappa shape index (κ2) is 7.12. The van der Waals surface area contributed by atoms with Gasteiger partial charge in [0, 0.05) is 16.9 Å². The molecule has 2 aromatic carbocycles. The first-order valence-electron chi connectivity index (χ1n) is 6.79. The van der Waals surface area contributed by atoms with Crippen LogP contribution in [0.25, 0.3) is 0 Å². The third kappa shape index (κ3) is 4.24. The molecule has 0 saturated heterocycles. The minimum atomic E-state index is -0.606. The molecule has 0 unspecified atom stereocenters. The molecule has 0 aliphatic carbocycles. The second-order valence-electron chi connectivity index (χ2n) is 4.49. The molecular weight excluding hydrogens is 282 g/mol. The van der Waals surface area contributed by atoms with E-state index in [1.54, 1.807) is 48.5 Å². The topological polar surface area (TPSA) is 93.5 Å². The summed E-state index contributed by atoms with van der Waals surface area (Å²) in [5, 5.41) is 4.82. The molecule has 114 valence electrons. The van der Waals surface area contributed by atoms with Gasteiger partial charge in [0.15, 0.2) is 0 Å². The Morgan fingerprint density at radius 1 is 1.05 bits per heavy atom. The van der Waals surface area contributed by atoms with Crippen LogP contribution in [0.5, 0.6) is 5.75 Å². The maximum absolute atomic E-state index is 11.9. The highest BCUT2D eigenvalue weighted by atomic mass is 16.5. The summed E-state index contributed by atoms with van der Waals surface area (Å²) in [7, 11) is 0. The highest BCUT2D eigenvalue weighted by Gasteiger charge is 2.10. The van der Waals surface area contributed by atoms with E-state index in [2.05, 4.69) is 10.6 Å². The van der Waals surface area contributed by atoms with Crippen LogP contribution in [-0.2, 0) is 0 Å². The number of nitrogen functional groups attached to an aromatic ring is 1. The van der Waals surface area contributed by atoms with Crippen molar-refractivity contribution >= 4 is 23.3 Å². The molecule has 2 rings (SSSR count). The largest absolute Gasteiger partial charge is 0.494 e. The molecule has 0 aromatic heterocycles. The highest BCUT2D eigenvalue weighted by molar-refractivity contribution is 6.08. The van der Waals surface area contributed by atoms with E-state index in [0.717, 1.165) is 0 Å². The summed E-state index contributed by atoms with van der Waals surface area (Å²) in [5.74, 6) is 0.217. The fourth-order valence-electron chi connectivity index (χ4n) is 1.77. The summed E-state index contributed by atoms with van der Waals surface area (Å²) < 4.78 is 5.31. The van der Waals surface area contributed by atoms with Gasteiger partial charge >= 0.3 is 6.03 Å². The van der Waals surface area contributed by atoms with Crippen LogP contribution in [0.1, 0.15) is 17.3 Å². The van der Waals surface area contributed by atoms with E-state index < -0.39 is 11.9 Å². The van der Waals surface area contributed by atoms with Crippen LogP contribution in [0.2, 0.25) is 0 Å². The van der Waals surface area contributed by atoms with E-state index in [-0.39, 0.29) is 0 Å². The number of benzene rings is 2. The van der Waals surface area contributed by atoms with Gasteiger partial charge in [-0.3, -0.25) is 10.1 Å². The Labute approximate surface area is 128 Å². The van der Waals surface area contributed by atoms with E-state index in [9.17, 15) is 9.59 Å². The molecule has 6 nitrogen and oxygen atoms in total. The maximum Gasteiger partial charge on any atom is 0.326 e. The number of hydrogen-bond acceptors (Lipinski definition) is 4. The minimum absolute atomic E-state index is 0.357. The summed E-state index contributed by atoms with van der Waals surface area (Å²) >= 11 is 0. The molecule has 4 N–H and O–H groups in total. The minimum Gasteiger partial charge on any atom is -0.494 e. The van der Waals surface area contributed by atoms with Gasteiger partial charge in [0.25, 0.3) is 5.91 Å². The lowest BCUT2D eigenvalue weighted by molar-refractivity contribution is 0.0967. The number of nitrogens with two attached hydrogens (primary N) is 1. The zero-order chi connectivity index (χ0) is 15.9. The molecule has 0 fully saturated rings. The predicted octanol–water partition coefficient (Wildman–Crippen LogP) is 2.63. The predicted molar refractivity (Wildman–Crippen MR) is 85.0 cm³/mol. The van der Waals surface area contributed by atoms with Crippen molar-refractivity contribution in [1.82, 2.24) is 5.32 Å². The van der Waals surface area contributed by atoms with E-state index in [1.165, 1.54) is 0 Å². The first-order valence-corrected chi connectivity index (χ1v) is 6.79. The molecule has 0 heterocycles. The summed E-state index contributed by atoms with van der Waals surface area (Å²) in [4.78, 5) is 23.6. The van der Waals surface area contributed by atoms with Crippen molar-refractivity contribution in [2.75, 3.05) is 17.7 Å². The molecular formula is C16H17N3O3. The van der Waals surface area contributed by atoms with Crippen LogP contribution in [0.15, 0.2) is 48.5 Å².